The molecule has 0 saturated heterocycles. The third kappa shape index (κ3) is 33.9. The first-order chi connectivity index (χ1) is 29.4. The van der Waals surface area contributed by atoms with Crippen LogP contribution >= 0.6 is 0 Å². The summed E-state index contributed by atoms with van der Waals surface area (Å²) in [4.78, 5) is 42.9. The maximum Gasteiger partial charge on any atom is 0.306 e. The Morgan fingerprint density at radius 2 is 0.883 bits per heavy atom. The first kappa shape index (κ1) is 56.4. The predicted molar refractivity (Wildman–Crippen MR) is 255 cm³/mol. The van der Waals surface area contributed by atoms with Gasteiger partial charge in [-0.15, -0.1) is 0 Å². The molecule has 0 spiro atoms. The molecule has 0 N–H and O–H groups in total. The Morgan fingerprint density at radius 3 is 1.37 bits per heavy atom. The molecule has 1 fully saturated rings. The topological polar surface area (TPSA) is 76.2 Å². The van der Waals surface area contributed by atoms with E-state index in [4.69, 9.17) is 9.47 Å². The number of rotatable bonds is 46. The molecular formula is C53H102N2O5. The van der Waals surface area contributed by atoms with Crippen LogP contribution in [0, 0.1) is 5.92 Å². The SMILES string of the molecule is CCCCCCCCCOC(=O)CCCCCCCN(CCCCCCCC(=O)OC(CCCCCCCC)CCCCCCCC)CCCN(CCC)C(=O)C1CCC1. The van der Waals surface area contributed by atoms with E-state index in [-0.39, 0.29) is 24.0 Å². The lowest BCUT2D eigenvalue weighted by Crippen LogP contribution is -2.41. The number of esters is 2. The van der Waals surface area contributed by atoms with E-state index >= 15 is 0 Å². The zero-order valence-corrected chi connectivity index (χ0v) is 40.7. The highest BCUT2D eigenvalue weighted by Gasteiger charge is 2.29. The minimum absolute atomic E-state index is 0.0220. The van der Waals surface area contributed by atoms with E-state index in [0.717, 1.165) is 103 Å². The van der Waals surface area contributed by atoms with Gasteiger partial charge < -0.3 is 19.3 Å². The molecule has 1 aliphatic carbocycles. The molecule has 7 heteroatoms. The van der Waals surface area contributed by atoms with Crippen molar-refractivity contribution in [3.63, 3.8) is 0 Å². The molecule has 0 heterocycles. The van der Waals surface area contributed by atoms with Gasteiger partial charge in [0.15, 0.2) is 0 Å². The number of unbranched alkanes of at least 4 members (excludes halogenated alkanes) is 24. The maximum atomic E-state index is 13.1. The Labute approximate surface area is 373 Å². The van der Waals surface area contributed by atoms with Gasteiger partial charge in [-0.05, 0) is 103 Å². The molecule has 0 aromatic heterocycles. The fourth-order valence-electron chi connectivity index (χ4n) is 8.74. The van der Waals surface area contributed by atoms with Crippen LogP contribution in [0.3, 0.4) is 0 Å². The van der Waals surface area contributed by atoms with Gasteiger partial charge in [-0.1, -0.05) is 175 Å². The van der Waals surface area contributed by atoms with Gasteiger partial charge in [0.05, 0.1) is 6.61 Å². The van der Waals surface area contributed by atoms with Crippen molar-refractivity contribution in [3.8, 4) is 0 Å². The lowest BCUT2D eigenvalue weighted by Gasteiger charge is -2.32. The summed E-state index contributed by atoms with van der Waals surface area (Å²) in [5.41, 5.74) is 0. The van der Waals surface area contributed by atoms with Gasteiger partial charge in [-0.25, -0.2) is 0 Å². The van der Waals surface area contributed by atoms with E-state index < -0.39 is 0 Å². The lowest BCUT2D eigenvalue weighted by molar-refractivity contribution is -0.150. The van der Waals surface area contributed by atoms with E-state index in [2.05, 4.69) is 37.5 Å². The standard InChI is InChI=1S/C53H102N2O5/c1-5-9-12-15-18-27-34-48-59-51(56)41-30-23-19-25-32-44-54(46-36-47-55(43-8-4)53(58)49-37-35-38-49)45-33-26-20-24-31-42-52(57)60-50(39-28-21-16-13-10-6-2)40-29-22-17-14-11-7-3/h49-50H,5-48H2,1-4H3. The fraction of sp³-hybridized carbons (Fsp3) is 0.943. The summed E-state index contributed by atoms with van der Waals surface area (Å²) < 4.78 is 11.6. The van der Waals surface area contributed by atoms with Crippen LogP contribution in [0.4, 0.5) is 0 Å². The zero-order valence-electron chi connectivity index (χ0n) is 40.7. The molecule has 1 saturated carbocycles. The molecule has 0 bridgehead atoms. The van der Waals surface area contributed by atoms with Crippen LogP contribution in [0.25, 0.3) is 0 Å². The predicted octanol–water partition coefficient (Wildman–Crippen LogP) is 15.1. The molecule has 0 radical (unpaired) electrons. The van der Waals surface area contributed by atoms with Gasteiger partial charge in [0, 0.05) is 31.8 Å². The summed E-state index contributed by atoms with van der Waals surface area (Å²) in [5, 5.41) is 0. The van der Waals surface area contributed by atoms with Gasteiger partial charge in [0.2, 0.25) is 5.91 Å². The molecule has 0 aromatic rings. The second-order valence-electron chi connectivity index (χ2n) is 18.8. The summed E-state index contributed by atoms with van der Waals surface area (Å²) >= 11 is 0. The number of nitrogens with zero attached hydrogens (tertiary/aromatic N) is 2. The summed E-state index contributed by atoms with van der Waals surface area (Å²) in [6.45, 7) is 14.6. The summed E-state index contributed by atoms with van der Waals surface area (Å²) in [5.74, 6) is 0.672. The number of amides is 1. The zero-order chi connectivity index (χ0) is 43.6. The van der Waals surface area contributed by atoms with Crippen LogP contribution in [0.1, 0.15) is 272 Å². The van der Waals surface area contributed by atoms with Crippen molar-refractivity contribution in [1.82, 2.24) is 9.80 Å². The highest BCUT2D eigenvalue weighted by molar-refractivity contribution is 5.79. The highest BCUT2D eigenvalue weighted by Crippen LogP contribution is 2.28. The smallest absolute Gasteiger partial charge is 0.306 e. The van der Waals surface area contributed by atoms with Crippen LogP contribution in [-0.2, 0) is 23.9 Å². The second-order valence-corrected chi connectivity index (χ2v) is 18.8. The molecule has 1 amide bonds. The quantitative estimate of drug-likeness (QED) is 0.0449. The van der Waals surface area contributed by atoms with Crippen LogP contribution in [0.2, 0.25) is 0 Å². The minimum atomic E-state index is -0.0220. The van der Waals surface area contributed by atoms with E-state index in [1.165, 1.54) is 161 Å². The highest BCUT2D eigenvalue weighted by atomic mass is 16.5. The van der Waals surface area contributed by atoms with Crippen molar-refractivity contribution in [2.24, 2.45) is 5.92 Å². The van der Waals surface area contributed by atoms with Gasteiger partial charge in [-0.3, -0.25) is 14.4 Å². The number of hydrogen-bond donors (Lipinski definition) is 0. The minimum Gasteiger partial charge on any atom is -0.466 e. The molecule has 0 unspecified atom stereocenters. The Kier molecular flexibility index (Phi) is 40.1. The molecule has 0 aliphatic heterocycles. The fourth-order valence-corrected chi connectivity index (χ4v) is 8.74. The molecule has 7 nitrogen and oxygen atoms in total. The summed E-state index contributed by atoms with van der Waals surface area (Å²) in [6, 6.07) is 0. The molecular weight excluding hydrogens is 745 g/mol. The van der Waals surface area contributed by atoms with Gasteiger partial charge in [-0.2, -0.15) is 0 Å². The third-order valence-corrected chi connectivity index (χ3v) is 12.9. The largest absolute Gasteiger partial charge is 0.466 e. The molecule has 1 rings (SSSR count). The summed E-state index contributed by atoms with van der Waals surface area (Å²) in [7, 11) is 0. The maximum absolute atomic E-state index is 13.1. The number of ether oxygens (including phenoxy) is 2. The van der Waals surface area contributed by atoms with Gasteiger partial charge >= 0.3 is 11.9 Å². The van der Waals surface area contributed by atoms with Crippen molar-refractivity contribution in [3.05, 3.63) is 0 Å². The first-order valence-corrected chi connectivity index (χ1v) is 26.8. The van der Waals surface area contributed by atoms with E-state index in [1.807, 2.05) is 0 Å². The summed E-state index contributed by atoms with van der Waals surface area (Å²) in [6.07, 6.45) is 43.9. The van der Waals surface area contributed by atoms with Crippen molar-refractivity contribution in [2.45, 2.75) is 278 Å². The van der Waals surface area contributed by atoms with E-state index in [9.17, 15) is 14.4 Å². The normalized spacial score (nSPS) is 13.0. The Balaban J connectivity index is 2.39. The van der Waals surface area contributed by atoms with Crippen molar-refractivity contribution in [2.75, 3.05) is 39.3 Å². The molecule has 0 atom stereocenters. The average molecular weight is 847 g/mol. The monoisotopic (exact) mass is 847 g/mol. The second kappa shape index (κ2) is 42.7. The Bertz CT molecular complexity index is 955. The van der Waals surface area contributed by atoms with Crippen LogP contribution in [-0.4, -0.2) is 73.1 Å². The van der Waals surface area contributed by atoms with Gasteiger partial charge in [0.25, 0.3) is 0 Å². The van der Waals surface area contributed by atoms with E-state index in [0.29, 0.717) is 25.4 Å². The lowest BCUT2D eigenvalue weighted by atomic mass is 9.84. The molecule has 1 aliphatic rings. The van der Waals surface area contributed by atoms with Gasteiger partial charge in [0.1, 0.15) is 6.10 Å². The van der Waals surface area contributed by atoms with Crippen molar-refractivity contribution in [1.29, 1.82) is 0 Å². The van der Waals surface area contributed by atoms with Crippen molar-refractivity contribution >= 4 is 17.8 Å². The molecule has 354 valence electrons. The Morgan fingerprint density at radius 1 is 0.450 bits per heavy atom. The molecule has 60 heavy (non-hydrogen) atoms. The number of carbonyl (C=O) groups excluding carboxylic acids is 3. The number of hydrogen-bond acceptors (Lipinski definition) is 6. The average Bonchev–Trinajstić information content (AvgIpc) is 3.22. The molecule has 0 aromatic carbocycles. The van der Waals surface area contributed by atoms with Crippen LogP contribution in [0.5, 0.6) is 0 Å². The van der Waals surface area contributed by atoms with Crippen LogP contribution in [0.15, 0.2) is 0 Å². The van der Waals surface area contributed by atoms with Crippen LogP contribution < -0.4 is 0 Å². The van der Waals surface area contributed by atoms with Crippen molar-refractivity contribution < 1.29 is 23.9 Å². The Hall–Kier alpha value is -1.63. The number of carbonyl (C=O) groups is 3. The van der Waals surface area contributed by atoms with E-state index in [1.54, 1.807) is 0 Å². The third-order valence-electron chi connectivity index (χ3n) is 12.9. The first-order valence-electron chi connectivity index (χ1n) is 26.8.